The van der Waals surface area contributed by atoms with E-state index in [4.69, 9.17) is 10.2 Å². The maximum absolute atomic E-state index is 9.41. The van der Waals surface area contributed by atoms with Crippen molar-refractivity contribution in [3.63, 3.8) is 0 Å². The summed E-state index contributed by atoms with van der Waals surface area (Å²) in [6.45, 7) is 0. The zero-order valence-corrected chi connectivity index (χ0v) is 4.09. The first-order chi connectivity index (χ1) is 3.13. The van der Waals surface area contributed by atoms with Crippen molar-refractivity contribution in [2.45, 2.75) is 0 Å². The average Bonchev–Trinajstić information content (AvgIpc) is 1.27. The molecule has 0 amide bonds. The molecule has 0 aliphatic carbocycles. The summed E-state index contributed by atoms with van der Waals surface area (Å²) < 4.78 is 0. The zero-order valence-electron chi connectivity index (χ0n) is 3.04. The fraction of sp³-hybridized carbons (Fsp3) is 0. The Morgan fingerprint density at radius 2 is 1.43 bits per heavy atom. The van der Waals surface area contributed by atoms with Gasteiger partial charge in [-0.25, -0.2) is 0 Å². The molecule has 0 aromatic rings. The van der Waals surface area contributed by atoms with Crippen LogP contribution in [0.2, 0.25) is 0 Å². The third-order valence-corrected chi connectivity index (χ3v) is 0.588. The van der Waals surface area contributed by atoms with E-state index in [9.17, 15) is 9.59 Å². The summed E-state index contributed by atoms with van der Waals surface area (Å²) in [5.41, 5.74) is 0. The normalized spacial score (nSPS) is 8.57. The summed E-state index contributed by atoms with van der Waals surface area (Å²) in [6.07, 6.45) is 0. The van der Waals surface area contributed by atoms with Crippen molar-refractivity contribution >= 4 is 9.81 Å². The van der Waals surface area contributed by atoms with Crippen molar-refractivity contribution in [3.05, 3.63) is 0 Å². The Morgan fingerprint density at radius 3 is 1.43 bits per heavy atom. The van der Waals surface area contributed by atoms with E-state index in [0.29, 0.717) is 0 Å². The molecule has 0 spiro atoms. The van der Waals surface area contributed by atoms with Crippen LogP contribution in [-0.2, 0) is 14.7 Å². The van der Waals surface area contributed by atoms with Gasteiger partial charge >= 0.3 is 44.3 Å². The van der Waals surface area contributed by atoms with Gasteiger partial charge in [-0.2, -0.15) is 0 Å². The van der Waals surface area contributed by atoms with Gasteiger partial charge in [0.25, 0.3) is 0 Å². The first-order valence-electron chi connectivity index (χ1n) is 1.19. The summed E-state index contributed by atoms with van der Waals surface area (Å²) in [4.78, 5) is 16.1. The molecule has 0 saturated carbocycles. The number of rotatable bonds is 2. The van der Waals surface area contributed by atoms with E-state index in [1.54, 1.807) is 0 Å². The minimum absolute atomic E-state index is 0.562. The van der Waals surface area contributed by atoms with Gasteiger partial charge in [0.05, 0.1) is 0 Å². The van der Waals surface area contributed by atoms with Crippen LogP contribution in [-0.4, -0.2) is 20.0 Å². The van der Waals surface area contributed by atoms with Gasteiger partial charge < -0.3 is 0 Å². The van der Waals surface area contributed by atoms with Crippen LogP contribution in [0.5, 0.6) is 0 Å². The van der Waals surface area contributed by atoms with Crippen LogP contribution < -0.4 is 0 Å². The van der Waals surface area contributed by atoms with E-state index in [-0.39, 0.29) is 0 Å². The Bertz CT molecular complexity index is 85.9. The van der Waals surface area contributed by atoms with E-state index in [0.717, 1.165) is 0 Å². The molecule has 5 heteroatoms. The first-order valence-corrected chi connectivity index (χ1v) is 2.23. The molecule has 0 unspecified atom stereocenters. The van der Waals surface area contributed by atoms with E-state index >= 15 is 0 Å². The maximum atomic E-state index is 9.41. The van der Waals surface area contributed by atoms with Crippen molar-refractivity contribution < 1.29 is 34.5 Å². The van der Waals surface area contributed by atoms with Crippen molar-refractivity contribution in [1.29, 1.82) is 0 Å². The Balaban J connectivity index is 3.32. The van der Waals surface area contributed by atoms with Crippen LogP contribution in [0.4, 0.5) is 9.59 Å². The quantitative estimate of drug-likeness (QED) is 0.596. The fourth-order valence-electron chi connectivity index (χ4n) is 0.0610. The summed E-state index contributed by atoms with van der Waals surface area (Å²) in [7, 11) is 0. The van der Waals surface area contributed by atoms with Crippen molar-refractivity contribution in [3.8, 4) is 0 Å². The van der Waals surface area contributed by atoms with Crippen molar-refractivity contribution in [2.24, 2.45) is 0 Å². The zero-order chi connectivity index (χ0) is 5.86. The van der Waals surface area contributed by atoms with Crippen molar-refractivity contribution in [2.75, 3.05) is 0 Å². The van der Waals surface area contributed by atoms with Gasteiger partial charge in [0.1, 0.15) is 0 Å². The summed E-state index contributed by atoms with van der Waals surface area (Å²) >= 11 is -0.562. The molecule has 7 heavy (non-hydrogen) atoms. The van der Waals surface area contributed by atoms with Crippen LogP contribution in [0.3, 0.4) is 0 Å². The monoisotopic (exact) mass is 149 g/mol. The van der Waals surface area contributed by atoms with Crippen LogP contribution in [0.25, 0.3) is 0 Å². The molecule has 0 saturated heterocycles. The Labute approximate surface area is 45.1 Å². The molecule has 0 aromatic heterocycles. The molecular weight excluding hydrogens is 147 g/mol. The minimum atomic E-state index is -1.34. The average molecular weight is 149 g/mol. The van der Waals surface area contributed by atoms with Gasteiger partial charge in [-0.1, -0.05) is 0 Å². The molecule has 0 fully saturated rings. The van der Waals surface area contributed by atoms with E-state index in [2.05, 4.69) is 0 Å². The molecule has 4 nitrogen and oxygen atoms in total. The van der Waals surface area contributed by atoms with Crippen molar-refractivity contribution in [1.82, 2.24) is 0 Å². The Kier molecular flexibility index (Phi) is 2.39. The van der Waals surface area contributed by atoms with Crippen LogP contribution in [0.1, 0.15) is 0 Å². The molecule has 0 aromatic carbocycles. The van der Waals surface area contributed by atoms with Gasteiger partial charge in [0.15, 0.2) is 0 Å². The molecule has 0 bridgehead atoms. The molecule has 0 aliphatic rings. The molecule has 2 N–H and O–H groups in total. The predicted molar refractivity (Wildman–Crippen MR) is 16.0 cm³/mol. The molecular formula is C2H2CoO4. The summed E-state index contributed by atoms with van der Waals surface area (Å²) in [6, 6.07) is 0. The number of hydrogen-bond donors (Lipinski definition) is 2. The summed E-state index contributed by atoms with van der Waals surface area (Å²) in [5.74, 6) is 0. The second-order valence-electron chi connectivity index (χ2n) is 0.551. The predicted octanol–water partition coefficient (Wildman–Crippen LogP) is 0.425. The molecule has 0 aliphatic heterocycles. The van der Waals surface area contributed by atoms with E-state index in [1.165, 1.54) is 0 Å². The second kappa shape index (κ2) is 2.59. The number of carbonyl (C=O) groups is 2. The number of carboxylic acid groups (broad SMARTS) is 2. The van der Waals surface area contributed by atoms with Gasteiger partial charge in [-0.15, -0.1) is 0 Å². The third-order valence-electron chi connectivity index (χ3n) is 0.143. The standard InChI is InChI=1S/2CHO2.Co/c2*2-1-3;/h2*(H,2,3);. The van der Waals surface area contributed by atoms with Gasteiger partial charge in [-0.3, -0.25) is 0 Å². The second-order valence-corrected chi connectivity index (χ2v) is 1.70. The van der Waals surface area contributed by atoms with Crippen LogP contribution in [0, 0.1) is 0 Å². The molecule has 0 heterocycles. The third kappa shape index (κ3) is 5.45. The molecule has 0 atom stereocenters. The molecule has 0 radical (unpaired) electrons. The fourth-order valence-corrected chi connectivity index (χ4v) is 0.251. The SMILES string of the molecule is O=[C](O)[Co][C](=O)O. The first kappa shape index (κ1) is 6.45. The molecule has 43 valence electrons. The van der Waals surface area contributed by atoms with E-state index < -0.39 is 24.5 Å². The molecule has 0 rings (SSSR count). The topological polar surface area (TPSA) is 74.6 Å². The van der Waals surface area contributed by atoms with Gasteiger partial charge in [0.2, 0.25) is 0 Å². The van der Waals surface area contributed by atoms with Gasteiger partial charge in [-0.05, 0) is 0 Å². The summed E-state index contributed by atoms with van der Waals surface area (Å²) in [5, 5.41) is 15.4. The number of hydrogen-bond acceptors (Lipinski definition) is 2. The van der Waals surface area contributed by atoms with Gasteiger partial charge in [0, 0.05) is 0 Å². The van der Waals surface area contributed by atoms with Crippen LogP contribution >= 0.6 is 0 Å². The van der Waals surface area contributed by atoms with Crippen LogP contribution in [0.15, 0.2) is 0 Å². The Morgan fingerprint density at radius 1 is 1.14 bits per heavy atom. The Hall–Kier alpha value is -0.554. The van der Waals surface area contributed by atoms with E-state index in [1.807, 2.05) is 0 Å².